The summed E-state index contributed by atoms with van der Waals surface area (Å²) < 4.78 is 0. The van der Waals surface area contributed by atoms with Crippen LogP contribution in [0.2, 0.25) is 0 Å². The third kappa shape index (κ3) is 3.80. The third-order valence-corrected chi connectivity index (χ3v) is 4.86. The zero-order valence-electron chi connectivity index (χ0n) is 13.6. The average molecular weight is 308 g/mol. The van der Waals surface area contributed by atoms with E-state index in [0.29, 0.717) is 12.3 Å². The minimum absolute atomic E-state index is 0.0134. The smallest absolute Gasteiger partial charge is 0.224 e. The van der Waals surface area contributed by atoms with Crippen molar-refractivity contribution < 1.29 is 4.79 Å². The van der Waals surface area contributed by atoms with Gasteiger partial charge in [0, 0.05) is 23.6 Å². The molecule has 3 rings (SSSR count). The van der Waals surface area contributed by atoms with Gasteiger partial charge in [0.1, 0.15) is 0 Å². The fourth-order valence-corrected chi connectivity index (χ4v) is 3.09. The van der Waals surface area contributed by atoms with E-state index >= 15 is 0 Å². The first-order valence-corrected chi connectivity index (χ1v) is 8.33. The van der Waals surface area contributed by atoms with Gasteiger partial charge in [0.2, 0.25) is 5.91 Å². The molecule has 0 unspecified atom stereocenters. The van der Waals surface area contributed by atoms with Crippen LogP contribution < -0.4 is 11.1 Å². The number of benzene rings is 2. The Labute approximate surface area is 137 Å². The normalized spacial score (nSPS) is 22.6. The molecular weight excluding hydrogens is 284 g/mol. The van der Waals surface area contributed by atoms with Crippen molar-refractivity contribution in [3.8, 4) is 0 Å². The van der Waals surface area contributed by atoms with Gasteiger partial charge in [0.15, 0.2) is 0 Å². The molecule has 2 aromatic carbocycles. The highest BCUT2D eigenvalue weighted by atomic mass is 16.1. The lowest BCUT2D eigenvalue weighted by molar-refractivity contribution is -0.116. The molecule has 0 radical (unpaired) electrons. The number of hydrogen-bond donors (Lipinski definition) is 2. The van der Waals surface area contributed by atoms with E-state index in [1.165, 1.54) is 11.1 Å². The number of nitrogens with two attached hydrogens (primary N) is 1. The molecule has 1 aliphatic rings. The van der Waals surface area contributed by atoms with Crippen molar-refractivity contribution in [2.45, 2.75) is 44.1 Å². The maximum atomic E-state index is 12.0. The Morgan fingerprint density at radius 2 is 1.87 bits per heavy atom. The van der Waals surface area contributed by atoms with Gasteiger partial charge in [-0.05, 0) is 42.5 Å². The molecule has 23 heavy (non-hydrogen) atoms. The Kier molecular flexibility index (Phi) is 4.49. The molecule has 0 aliphatic heterocycles. The van der Waals surface area contributed by atoms with Crippen LogP contribution in [0.4, 0.5) is 5.69 Å². The zero-order chi connectivity index (χ0) is 16.3. The first kappa shape index (κ1) is 15.8. The summed E-state index contributed by atoms with van der Waals surface area (Å²) in [6, 6.07) is 18.2. The minimum atomic E-state index is -0.0134. The highest BCUT2D eigenvalue weighted by Gasteiger charge is 2.49. The second-order valence-corrected chi connectivity index (χ2v) is 6.50. The number of rotatable bonds is 6. The second kappa shape index (κ2) is 6.55. The van der Waals surface area contributed by atoms with Gasteiger partial charge < -0.3 is 11.1 Å². The molecule has 1 aliphatic carbocycles. The molecule has 3 N–H and O–H groups in total. The van der Waals surface area contributed by atoms with E-state index in [-0.39, 0.29) is 11.4 Å². The van der Waals surface area contributed by atoms with E-state index in [1.54, 1.807) is 0 Å². The summed E-state index contributed by atoms with van der Waals surface area (Å²) in [4.78, 5) is 12.0. The molecule has 0 bridgehead atoms. The molecule has 3 heteroatoms. The number of amides is 1. The Balaban J connectivity index is 1.51. The first-order chi connectivity index (χ1) is 11.1. The van der Waals surface area contributed by atoms with Gasteiger partial charge in [-0.15, -0.1) is 0 Å². The number of hydrogen-bond acceptors (Lipinski definition) is 2. The van der Waals surface area contributed by atoms with Crippen LogP contribution in [-0.2, 0) is 11.2 Å². The van der Waals surface area contributed by atoms with E-state index in [4.69, 9.17) is 5.73 Å². The quantitative estimate of drug-likeness (QED) is 0.851. The SMILES string of the molecule is CC[C@@]1(N)C[C@H]1c1ccc(NC(=O)CCc2ccccc2)cc1. The standard InChI is InChI=1S/C20H24N2O/c1-2-20(21)14-18(20)16-9-11-17(12-10-16)22-19(23)13-8-15-6-4-3-5-7-15/h3-7,9-12,18H,2,8,13-14,21H2,1H3,(H,22,23)/t18-,20+/m0/s1. The Morgan fingerprint density at radius 1 is 1.17 bits per heavy atom. The minimum Gasteiger partial charge on any atom is -0.326 e. The second-order valence-electron chi connectivity index (χ2n) is 6.50. The fourth-order valence-electron chi connectivity index (χ4n) is 3.09. The molecule has 2 atom stereocenters. The van der Waals surface area contributed by atoms with Gasteiger partial charge in [-0.25, -0.2) is 0 Å². The van der Waals surface area contributed by atoms with Gasteiger partial charge >= 0.3 is 0 Å². The average Bonchev–Trinajstić information content (AvgIpc) is 3.27. The van der Waals surface area contributed by atoms with Crippen molar-refractivity contribution in [2.75, 3.05) is 5.32 Å². The van der Waals surface area contributed by atoms with E-state index in [0.717, 1.165) is 24.9 Å². The molecule has 120 valence electrons. The fraction of sp³-hybridized carbons (Fsp3) is 0.350. The lowest BCUT2D eigenvalue weighted by Crippen LogP contribution is -2.22. The summed E-state index contributed by atoms with van der Waals surface area (Å²) >= 11 is 0. The molecule has 0 spiro atoms. The van der Waals surface area contributed by atoms with E-state index < -0.39 is 0 Å². The largest absolute Gasteiger partial charge is 0.326 e. The third-order valence-electron chi connectivity index (χ3n) is 4.86. The maximum Gasteiger partial charge on any atom is 0.224 e. The summed E-state index contributed by atoms with van der Waals surface area (Å²) in [5.74, 6) is 0.519. The number of carbonyl (C=O) groups is 1. The van der Waals surface area contributed by atoms with Gasteiger partial charge in [-0.1, -0.05) is 49.4 Å². The highest BCUT2D eigenvalue weighted by molar-refractivity contribution is 5.90. The van der Waals surface area contributed by atoms with Gasteiger partial charge in [0.05, 0.1) is 0 Å². The van der Waals surface area contributed by atoms with E-state index in [2.05, 4.69) is 24.4 Å². The molecular formula is C20H24N2O. The summed E-state index contributed by atoms with van der Waals surface area (Å²) in [5, 5.41) is 2.96. The number of nitrogens with one attached hydrogen (secondary N) is 1. The molecule has 1 saturated carbocycles. The predicted molar refractivity (Wildman–Crippen MR) is 94.4 cm³/mol. The van der Waals surface area contributed by atoms with Crippen LogP contribution in [0, 0.1) is 0 Å². The van der Waals surface area contributed by atoms with Crippen molar-refractivity contribution in [1.29, 1.82) is 0 Å². The Bertz CT molecular complexity index is 666. The molecule has 1 amide bonds. The van der Waals surface area contributed by atoms with Crippen LogP contribution in [-0.4, -0.2) is 11.4 Å². The zero-order valence-corrected chi connectivity index (χ0v) is 13.6. The molecule has 0 heterocycles. The Morgan fingerprint density at radius 3 is 2.48 bits per heavy atom. The molecule has 2 aromatic rings. The van der Waals surface area contributed by atoms with Gasteiger partial charge in [0.25, 0.3) is 0 Å². The van der Waals surface area contributed by atoms with Crippen LogP contribution in [0.1, 0.15) is 43.2 Å². The molecule has 1 fully saturated rings. The summed E-state index contributed by atoms with van der Waals surface area (Å²) in [7, 11) is 0. The van der Waals surface area contributed by atoms with Crippen molar-refractivity contribution in [2.24, 2.45) is 5.73 Å². The van der Waals surface area contributed by atoms with Crippen LogP contribution in [0.3, 0.4) is 0 Å². The molecule has 3 nitrogen and oxygen atoms in total. The number of aryl methyl sites for hydroxylation is 1. The van der Waals surface area contributed by atoms with Crippen molar-refractivity contribution in [3.05, 3.63) is 65.7 Å². The first-order valence-electron chi connectivity index (χ1n) is 8.33. The molecule has 0 aromatic heterocycles. The number of anilines is 1. The highest BCUT2D eigenvalue weighted by Crippen LogP contribution is 2.51. The maximum absolute atomic E-state index is 12.0. The monoisotopic (exact) mass is 308 g/mol. The van der Waals surface area contributed by atoms with Crippen molar-refractivity contribution in [1.82, 2.24) is 0 Å². The van der Waals surface area contributed by atoms with Gasteiger partial charge in [-0.2, -0.15) is 0 Å². The van der Waals surface area contributed by atoms with Crippen LogP contribution >= 0.6 is 0 Å². The predicted octanol–water partition coefficient (Wildman–Crippen LogP) is 3.85. The summed E-state index contributed by atoms with van der Waals surface area (Å²) in [6.45, 7) is 2.14. The lowest BCUT2D eigenvalue weighted by atomic mass is 10.0. The van der Waals surface area contributed by atoms with E-state index in [1.807, 2.05) is 42.5 Å². The molecule has 0 saturated heterocycles. The van der Waals surface area contributed by atoms with Crippen LogP contribution in [0.5, 0.6) is 0 Å². The van der Waals surface area contributed by atoms with E-state index in [9.17, 15) is 4.79 Å². The lowest BCUT2D eigenvalue weighted by Gasteiger charge is -2.09. The number of carbonyl (C=O) groups excluding carboxylic acids is 1. The van der Waals surface area contributed by atoms with Crippen molar-refractivity contribution in [3.63, 3.8) is 0 Å². The van der Waals surface area contributed by atoms with Crippen LogP contribution in [0.15, 0.2) is 54.6 Å². The van der Waals surface area contributed by atoms with Gasteiger partial charge in [-0.3, -0.25) is 4.79 Å². The Hall–Kier alpha value is -2.13. The topological polar surface area (TPSA) is 55.1 Å². The van der Waals surface area contributed by atoms with Crippen LogP contribution in [0.25, 0.3) is 0 Å². The summed E-state index contributed by atoms with van der Waals surface area (Å²) in [6.07, 6.45) is 3.33. The van der Waals surface area contributed by atoms with Crippen molar-refractivity contribution >= 4 is 11.6 Å². The summed E-state index contributed by atoms with van der Waals surface area (Å²) in [5.41, 5.74) is 9.57.